The number of furan rings is 1. The number of hydrogen-bond donors (Lipinski definition) is 1. The monoisotopic (exact) mass is 423 g/mol. The summed E-state index contributed by atoms with van der Waals surface area (Å²) in [5.74, 6) is 1.95. The van der Waals surface area contributed by atoms with Crippen LogP contribution in [0.1, 0.15) is 36.1 Å². The standard InChI is InChI=1S/C22H25N5O2S/c28-20(23-18-9-8-16-5-3-6-17(16)13-18)15-30-22-25-24-21(26-10-1-2-11-26)27(22)14-19-7-4-12-29-19/h4,7-9,12-13H,1-3,5-6,10-11,14-15H2,(H,23,28). The summed E-state index contributed by atoms with van der Waals surface area (Å²) >= 11 is 1.41. The van der Waals surface area contributed by atoms with E-state index in [4.69, 9.17) is 4.42 Å². The Balaban J connectivity index is 1.27. The molecule has 8 heteroatoms. The Hall–Kier alpha value is -2.74. The molecule has 0 radical (unpaired) electrons. The number of aromatic nitrogens is 3. The fourth-order valence-electron chi connectivity index (χ4n) is 4.21. The minimum Gasteiger partial charge on any atom is -0.467 e. The highest BCUT2D eigenvalue weighted by Gasteiger charge is 2.22. The van der Waals surface area contributed by atoms with Crippen molar-refractivity contribution in [1.82, 2.24) is 14.8 Å². The lowest BCUT2D eigenvalue weighted by atomic mass is 10.1. The summed E-state index contributed by atoms with van der Waals surface area (Å²) in [5, 5.41) is 12.6. The van der Waals surface area contributed by atoms with E-state index in [1.165, 1.54) is 42.2 Å². The van der Waals surface area contributed by atoms with Crippen molar-refractivity contribution < 1.29 is 9.21 Å². The predicted molar refractivity (Wildman–Crippen MR) is 117 cm³/mol. The summed E-state index contributed by atoms with van der Waals surface area (Å²) in [7, 11) is 0. The predicted octanol–water partition coefficient (Wildman–Crippen LogP) is 3.74. The van der Waals surface area contributed by atoms with Crippen LogP contribution in [0.25, 0.3) is 0 Å². The average Bonchev–Trinajstić information content (AvgIpc) is 3.53. The van der Waals surface area contributed by atoms with Crippen LogP contribution in [0.4, 0.5) is 11.6 Å². The van der Waals surface area contributed by atoms with Crippen molar-refractivity contribution in [3.63, 3.8) is 0 Å². The van der Waals surface area contributed by atoms with Gasteiger partial charge in [-0.2, -0.15) is 0 Å². The maximum absolute atomic E-state index is 12.6. The summed E-state index contributed by atoms with van der Waals surface area (Å²) < 4.78 is 7.59. The number of nitrogens with one attached hydrogen (secondary N) is 1. The third kappa shape index (κ3) is 4.09. The third-order valence-electron chi connectivity index (χ3n) is 5.69. The van der Waals surface area contributed by atoms with E-state index in [9.17, 15) is 4.79 Å². The van der Waals surface area contributed by atoms with Crippen LogP contribution in [0, 0.1) is 0 Å². The van der Waals surface area contributed by atoms with Crippen LogP contribution in [-0.2, 0) is 24.2 Å². The van der Waals surface area contributed by atoms with Crippen molar-refractivity contribution in [2.45, 2.75) is 43.8 Å². The lowest BCUT2D eigenvalue weighted by Gasteiger charge is -2.17. The molecule has 1 amide bonds. The van der Waals surface area contributed by atoms with Crippen LogP contribution in [0.5, 0.6) is 0 Å². The van der Waals surface area contributed by atoms with Crippen LogP contribution in [0.15, 0.2) is 46.2 Å². The van der Waals surface area contributed by atoms with Crippen molar-refractivity contribution >= 4 is 29.3 Å². The van der Waals surface area contributed by atoms with Gasteiger partial charge in [0.05, 0.1) is 18.6 Å². The number of carbonyl (C=O) groups excluding carboxylic acids is 1. The molecule has 0 bridgehead atoms. The minimum absolute atomic E-state index is 0.0341. The van der Waals surface area contributed by atoms with E-state index in [2.05, 4.69) is 37.1 Å². The van der Waals surface area contributed by atoms with Gasteiger partial charge in [-0.05, 0) is 67.5 Å². The number of thioether (sulfide) groups is 1. The summed E-state index contributed by atoms with van der Waals surface area (Å²) in [6.45, 7) is 2.53. The van der Waals surface area contributed by atoms with E-state index in [0.29, 0.717) is 6.54 Å². The Labute approximate surface area is 179 Å². The molecule has 1 N–H and O–H groups in total. The van der Waals surface area contributed by atoms with Crippen molar-refractivity contribution in [2.24, 2.45) is 0 Å². The second-order valence-corrected chi connectivity index (χ2v) is 8.76. The molecule has 0 saturated carbocycles. The lowest BCUT2D eigenvalue weighted by molar-refractivity contribution is -0.113. The van der Waals surface area contributed by atoms with Crippen LogP contribution < -0.4 is 10.2 Å². The molecule has 0 unspecified atom stereocenters. The van der Waals surface area contributed by atoms with Gasteiger partial charge in [-0.3, -0.25) is 9.36 Å². The molecule has 3 aromatic rings. The van der Waals surface area contributed by atoms with E-state index in [1.54, 1.807) is 6.26 Å². The molecule has 156 valence electrons. The topological polar surface area (TPSA) is 76.2 Å². The molecule has 1 aliphatic heterocycles. The normalized spacial score (nSPS) is 15.5. The molecule has 7 nitrogen and oxygen atoms in total. The largest absolute Gasteiger partial charge is 0.467 e. The third-order valence-corrected chi connectivity index (χ3v) is 6.66. The number of nitrogens with zero attached hydrogens (tertiary/aromatic N) is 4. The van der Waals surface area contributed by atoms with Crippen molar-refractivity contribution in [2.75, 3.05) is 29.1 Å². The zero-order valence-corrected chi connectivity index (χ0v) is 17.7. The molecule has 1 fully saturated rings. The zero-order valence-electron chi connectivity index (χ0n) is 16.8. The number of benzene rings is 1. The van der Waals surface area contributed by atoms with E-state index in [1.807, 2.05) is 18.2 Å². The second kappa shape index (κ2) is 8.55. The van der Waals surface area contributed by atoms with Gasteiger partial charge in [-0.1, -0.05) is 17.8 Å². The first kappa shape index (κ1) is 19.2. The highest BCUT2D eigenvalue weighted by atomic mass is 32.2. The van der Waals surface area contributed by atoms with Gasteiger partial charge >= 0.3 is 0 Å². The van der Waals surface area contributed by atoms with Gasteiger partial charge in [0.1, 0.15) is 5.76 Å². The number of rotatable bonds is 7. The molecule has 2 aromatic heterocycles. The van der Waals surface area contributed by atoms with Crippen molar-refractivity contribution in [3.8, 4) is 0 Å². The number of anilines is 2. The Kier molecular flexibility index (Phi) is 5.48. The Morgan fingerprint density at radius 1 is 1.10 bits per heavy atom. The Morgan fingerprint density at radius 3 is 2.80 bits per heavy atom. The molecule has 0 atom stereocenters. The summed E-state index contributed by atoms with van der Waals surface area (Å²) in [4.78, 5) is 14.8. The van der Waals surface area contributed by atoms with Gasteiger partial charge in [0.2, 0.25) is 11.9 Å². The Bertz CT molecular complexity index is 1020. The van der Waals surface area contributed by atoms with Gasteiger partial charge < -0.3 is 14.6 Å². The van der Waals surface area contributed by atoms with Gasteiger partial charge in [-0.15, -0.1) is 10.2 Å². The van der Waals surface area contributed by atoms with Gasteiger partial charge in [-0.25, -0.2) is 0 Å². The highest BCUT2D eigenvalue weighted by Crippen LogP contribution is 2.27. The van der Waals surface area contributed by atoms with Crippen LogP contribution in [0.3, 0.4) is 0 Å². The number of aryl methyl sites for hydroxylation is 2. The highest BCUT2D eigenvalue weighted by molar-refractivity contribution is 7.99. The van der Waals surface area contributed by atoms with Crippen LogP contribution >= 0.6 is 11.8 Å². The first-order chi connectivity index (χ1) is 14.8. The molecule has 1 aliphatic carbocycles. The molecular formula is C22H25N5O2S. The van der Waals surface area contributed by atoms with Gasteiger partial charge in [0.15, 0.2) is 5.16 Å². The van der Waals surface area contributed by atoms with Crippen LogP contribution in [-0.4, -0.2) is 39.5 Å². The minimum atomic E-state index is -0.0341. The maximum atomic E-state index is 12.6. The fraction of sp³-hybridized carbons (Fsp3) is 0.409. The first-order valence-electron chi connectivity index (χ1n) is 10.5. The SMILES string of the molecule is O=C(CSc1nnc(N2CCCC2)n1Cc1ccco1)Nc1ccc2c(c1)CCC2. The second-order valence-electron chi connectivity index (χ2n) is 7.82. The molecule has 3 heterocycles. The van der Waals surface area contributed by atoms with E-state index >= 15 is 0 Å². The lowest BCUT2D eigenvalue weighted by Crippen LogP contribution is -2.22. The molecule has 1 aromatic carbocycles. The van der Waals surface area contributed by atoms with E-state index in [-0.39, 0.29) is 11.7 Å². The van der Waals surface area contributed by atoms with Crippen molar-refractivity contribution in [3.05, 3.63) is 53.5 Å². The fourth-order valence-corrected chi connectivity index (χ4v) is 4.95. The smallest absolute Gasteiger partial charge is 0.234 e. The number of hydrogen-bond acceptors (Lipinski definition) is 6. The van der Waals surface area contributed by atoms with Gasteiger partial charge in [0.25, 0.3) is 0 Å². The molecule has 1 saturated heterocycles. The molecule has 30 heavy (non-hydrogen) atoms. The first-order valence-corrected chi connectivity index (χ1v) is 11.5. The Morgan fingerprint density at radius 2 is 1.97 bits per heavy atom. The maximum Gasteiger partial charge on any atom is 0.234 e. The summed E-state index contributed by atoms with van der Waals surface area (Å²) in [6.07, 6.45) is 7.45. The summed E-state index contributed by atoms with van der Waals surface area (Å²) in [5.41, 5.74) is 3.63. The number of amides is 1. The number of carbonyl (C=O) groups is 1. The zero-order chi connectivity index (χ0) is 20.3. The van der Waals surface area contributed by atoms with Crippen LogP contribution in [0.2, 0.25) is 0 Å². The number of fused-ring (bicyclic) bond motifs is 1. The van der Waals surface area contributed by atoms with Crippen molar-refractivity contribution in [1.29, 1.82) is 0 Å². The molecule has 5 rings (SSSR count). The van der Waals surface area contributed by atoms with E-state index in [0.717, 1.165) is 48.5 Å². The quantitative estimate of drug-likeness (QED) is 0.584. The van der Waals surface area contributed by atoms with E-state index < -0.39 is 0 Å². The van der Waals surface area contributed by atoms with Gasteiger partial charge in [0, 0.05) is 18.8 Å². The molecule has 2 aliphatic rings. The molecular weight excluding hydrogens is 398 g/mol. The molecule has 0 spiro atoms. The average molecular weight is 424 g/mol. The summed E-state index contributed by atoms with van der Waals surface area (Å²) in [6, 6.07) is 10.1.